The quantitative estimate of drug-likeness (QED) is 0.573. The zero-order valence-corrected chi connectivity index (χ0v) is 15.1. The molecule has 9 heteroatoms. The third-order valence-corrected chi connectivity index (χ3v) is 5.84. The minimum Gasteiger partial charge on any atom is -0.276 e. The molecule has 8 nitrogen and oxygen atoms in total. The third kappa shape index (κ3) is 3.13. The Kier molecular flexibility index (Phi) is 4.08. The highest BCUT2D eigenvalue weighted by molar-refractivity contribution is 7.91. The van der Waals surface area contributed by atoms with Crippen molar-refractivity contribution in [3.05, 3.63) is 76.6 Å². The number of nitrogens with zero attached hydrogens (tertiary/aromatic N) is 4. The first-order chi connectivity index (χ1) is 12.9. The summed E-state index contributed by atoms with van der Waals surface area (Å²) in [7, 11) is -2.00. The molecule has 4 aromatic rings. The van der Waals surface area contributed by atoms with E-state index in [0.29, 0.717) is 17.5 Å². The van der Waals surface area contributed by atoms with Crippen molar-refractivity contribution in [1.82, 2.24) is 25.0 Å². The molecule has 1 aromatic carbocycles. The lowest BCUT2D eigenvalue weighted by molar-refractivity contribution is 0.592. The number of aromatic nitrogens is 5. The van der Waals surface area contributed by atoms with E-state index in [9.17, 15) is 13.2 Å². The first kappa shape index (κ1) is 17.1. The molecular formula is C18H15N5O3S. The topological polar surface area (TPSA) is 111 Å². The predicted molar refractivity (Wildman–Crippen MR) is 98.1 cm³/mol. The Labute approximate surface area is 154 Å². The number of hydrogen-bond donors (Lipinski definition) is 1. The predicted octanol–water partition coefficient (Wildman–Crippen LogP) is 1.48. The number of H-pyrrole nitrogens is 1. The molecule has 136 valence electrons. The minimum absolute atomic E-state index is 0.129. The summed E-state index contributed by atoms with van der Waals surface area (Å²) in [6.45, 7) is 0. The summed E-state index contributed by atoms with van der Waals surface area (Å²) in [5, 5.41) is 11.4. The first-order valence-corrected chi connectivity index (χ1v) is 9.59. The van der Waals surface area contributed by atoms with Gasteiger partial charge in [0.15, 0.2) is 5.03 Å². The maximum atomic E-state index is 12.9. The molecule has 0 aliphatic rings. The number of benzene rings is 1. The number of pyridine rings is 1. The first-order valence-electron chi connectivity index (χ1n) is 8.11. The number of nitrogens with one attached hydrogen (secondary N) is 1. The molecule has 0 aliphatic carbocycles. The standard InChI is InChI=1S/C18H15N5O3S/c1-23-8-7-12(22-23)9-16-14-10-17(19-11-15(14)18(24)21-20-16)27(25,26)13-5-3-2-4-6-13/h2-8,10-11H,9H2,1H3,(H,21,24). The lowest BCUT2D eigenvalue weighted by Gasteiger charge is -2.07. The van der Waals surface area contributed by atoms with E-state index in [1.807, 2.05) is 6.07 Å². The fourth-order valence-electron chi connectivity index (χ4n) is 2.83. The Balaban J connectivity index is 1.88. The van der Waals surface area contributed by atoms with Crippen LogP contribution in [0.15, 0.2) is 69.6 Å². The average molecular weight is 381 g/mol. The molecule has 3 aromatic heterocycles. The van der Waals surface area contributed by atoms with Gasteiger partial charge in [0.2, 0.25) is 9.84 Å². The number of aryl methyl sites for hydroxylation is 1. The normalized spacial score (nSPS) is 11.7. The van der Waals surface area contributed by atoms with Crippen LogP contribution in [-0.4, -0.2) is 33.4 Å². The maximum Gasteiger partial charge on any atom is 0.273 e. The molecule has 0 aliphatic heterocycles. The van der Waals surface area contributed by atoms with Crippen molar-refractivity contribution in [3.63, 3.8) is 0 Å². The van der Waals surface area contributed by atoms with E-state index in [1.165, 1.54) is 24.4 Å². The molecule has 27 heavy (non-hydrogen) atoms. The average Bonchev–Trinajstić information content (AvgIpc) is 3.09. The van der Waals surface area contributed by atoms with Crippen LogP contribution >= 0.6 is 0 Å². The van der Waals surface area contributed by atoms with Gasteiger partial charge >= 0.3 is 0 Å². The van der Waals surface area contributed by atoms with Crippen molar-refractivity contribution in [3.8, 4) is 0 Å². The Bertz CT molecular complexity index is 1290. The van der Waals surface area contributed by atoms with E-state index in [0.717, 1.165) is 5.69 Å². The third-order valence-electron chi connectivity index (χ3n) is 4.17. The smallest absolute Gasteiger partial charge is 0.273 e. The molecule has 0 radical (unpaired) electrons. The largest absolute Gasteiger partial charge is 0.276 e. The van der Waals surface area contributed by atoms with Crippen LogP contribution in [0.2, 0.25) is 0 Å². The van der Waals surface area contributed by atoms with Crippen LogP contribution in [0.4, 0.5) is 0 Å². The number of sulfone groups is 1. The molecule has 3 heterocycles. The van der Waals surface area contributed by atoms with Crippen molar-refractivity contribution in [2.24, 2.45) is 7.05 Å². The summed E-state index contributed by atoms with van der Waals surface area (Å²) in [6.07, 6.45) is 3.42. The molecule has 0 atom stereocenters. The molecule has 0 saturated heterocycles. The molecule has 1 N–H and O–H groups in total. The van der Waals surface area contributed by atoms with E-state index in [4.69, 9.17) is 0 Å². The van der Waals surface area contributed by atoms with Gasteiger partial charge in [0.25, 0.3) is 5.56 Å². The van der Waals surface area contributed by atoms with Gasteiger partial charge in [-0.3, -0.25) is 9.48 Å². The molecule has 0 unspecified atom stereocenters. The Morgan fingerprint density at radius 1 is 1.11 bits per heavy atom. The zero-order valence-electron chi connectivity index (χ0n) is 14.3. The molecule has 0 amide bonds. The van der Waals surface area contributed by atoms with Crippen LogP contribution in [0.5, 0.6) is 0 Å². The van der Waals surface area contributed by atoms with Crippen LogP contribution in [0.25, 0.3) is 10.8 Å². The van der Waals surface area contributed by atoms with E-state index >= 15 is 0 Å². The van der Waals surface area contributed by atoms with Crippen molar-refractivity contribution in [2.45, 2.75) is 16.3 Å². The summed E-state index contributed by atoms with van der Waals surface area (Å²) in [4.78, 5) is 16.2. The van der Waals surface area contributed by atoms with Crippen LogP contribution < -0.4 is 5.56 Å². The van der Waals surface area contributed by atoms with Crippen LogP contribution in [0, 0.1) is 0 Å². The molecule has 4 rings (SSSR count). The highest BCUT2D eigenvalue weighted by Gasteiger charge is 2.21. The van der Waals surface area contributed by atoms with Gasteiger partial charge in [0, 0.05) is 31.2 Å². The Morgan fingerprint density at radius 3 is 2.59 bits per heavy atom. The van der Waals surface area contributed by atoms with Gasteiger partial charge in [0.05, 0.1) is 21.7 Å². The van der Waals surface area contributed by atoms with Gasteiger partial charge in [0.1, 0.15) is 0 Å². The number of fused-ring (bicyclic) bond motifs is 1. The number of hydrogen-bond acceptors (Lipinski definition) is 6. The molecule has 0 spiro atoms. The number of aromatic amines is 1. The van der Waals surface area contributed by atoms with Gasteiger partial charge in [-0.2, -0.15) is 10.2 Å². The van der Waals surface area contributed by atoms with E-state index in [2.05, 4.69) is 20.3 Å². The molecular weight excluding hydrogens is 366 g/mol. The van der Waals surface area contributed by atoms with Gasteiger partial charge in [-0.15, -0.1) is 0 Å². The number of rotatable bonds is 4. The fourth-order valence-corrected chi connectivity index (χ4v) is 4.05. The van der Waals surface area contributed by atoms with E-state index < -0.39 is 15.4 Å². The van der Waals surface area contributed by atoms with E-state index in [-0.39, 0.29) is 15.3 Å². The van der Waals surface area contributed by atoms with Crippen molar-refractivity contribution < 1.29 is 8.42 Å². The monoisotopic (exact) mass is 381 g/mol. The fraction of sp³-hybridized carbons (Fsp3) is 0.111. The SMILES string of the molecule is Cn1ccc(Cc2n[nH]c(=O)c3cnc(S(=O)(=O)c4ccccc4)cc23)n1. The lowest BCUT2D eigenvalue weighted by Crippen LogP contribution is -2.13. The summed E-state index contributed by atoms with van der Waals surface area (Å²) in [5.41, 5.74) is 0.851. The molecule has 0 bridgehead atoms. The highest BCUT2D eigenvalue weighted by Crippen LogP contribution is 2.23. The summed E-state index contributed by atoms with van der Waals surface area (Å²) in [6, 6.07) is 11.3. The Morgan fingerprint density at radius 2 is 1.89 bits per heavy atom. The van der Waals surface area contributed by atoms with Crippen molar-refractivity contribution in [2.75, 3.05) is 0 Å². The van der Waals surface area contributed by atoms with E-state index in [1.54, 1.807) is 36.1 Å². The van der Waals surface area contributed by atoms with Crippen LogP contribution in [0.1, 0.15) is 11.4 Å². The van der Waals surface area contributed by atoms with Gasteiger partial charge in [-0.1, -0.05) is 18.2 Å². The summed E-state index contributed by atoms with van der Waals surface area (Å²) >= 11 is 0. The second-order valence-corrected chi connectivity index (χ2v) is 7.94. The minimum atomic E-state index is -3.80. The summed E-state index contributed by atoms with van der Waals surface area (Å²) < 4.78 is 27.4. The second-order valence-electron chi connectivity index (χ2n) is 6.04. The van der Waals surface area contributed by atoms with Gasteiger partial charge in [-0.05, 0) is 24.3 Å². The lowest BCUT2D eigenvalue weighted by atomic mass is 10.1. The molecule has 0 fully saturated rings. The van der Waals surface area contributed by atoms with Crippen molar-refractivity contribution in [1.29, 1.82) is 0 Å². The second kappa shape index (κ2) is 6.44. The maximum absolute atomic E-state index is 12.9. The van der Waals surface area contributed by atoms with Gasteiger partial charge in [-0.25, -0.2) is 18.5 Å². The summed E-state index contributed by atoms with van der Waals surface area (Å²) in [5.74, 6) is 0. The van der Waals surface area contributed by atoms with Crippen molar-refractivity contribution >= 4 is 20.6 Å². The van der Waals surface area contributed by atoms with Crippen LogP contribution in [-0.2, 0) is 23.3 Å². The van der Waals surface area contributed by atoms with Crippen LogP contribution in [0.3, 0.4) is 0 Å². The Hall–Kier alpha value is -3.33. The highest BCUT2D eigenvalue weighted by atomic mass is 32.2. The molecule has 0 saturated carbocycles. The zero-order chi connectivity index (χ0) is 19.0. The van der Waals surface area contributed by atoms with Gasteiger partial charge < -0.3 is 0 Å².